The van der Waals surface area contributed by atoms with Gasteiger partial charge < -0.3 is 0 Å². The van der Waals surface area contributed by atoms with E-state index in [1.54, 1.807) is 0 Å². The van der Waals surface area contributed by atoms with Gasteiger partial charge in [-0.1, -0.05) is 43.7 Å². The van der Waals surface area contributed by atoms with E-state index in [1.807, 2.05) is 0 Å². The van der Waals surface area contributed by atoms with Gasteiger partial charge in [-0.2, -0.15) is 0 Å². The van der Waals surface area contributed by atoms with Crippen LogP contribution in [-0.4, -0.2) is 18.0 Å². The molecule has 1 aromatic rings. The Bertz CT molecular complexity index is 268. The molecule has 1 atom stereocenters. The summed E-state index contributed by atoms with van der Waals surface area (Å²) >= 11 is 0. The maximum absolute atomic E-state index is 2.57. The summed E-state index contributed by atoms with van der Waals surface area (Å²) in [6.07, 6.45) is 2.73. The predicted molar refractivity (Wildman–Crippen MR) is 60.1 cm³/mol. The minimum Gasteiger partial charge on any atom is -0.299 e. The first kappa shape index (κ1) is 9.72. The van der Waals surface area contributed by atoms with Gasteiger partial charge in [-0.25, -0.2) is 0 Å². The average Bonchev–Trinajstić information content (AvgIpc) is 2.67. The van der Waals surface area contributed by atoms with Crippen LogP contribution in [0.15, 0.2) is 30.3 Å². The molecule has 0 bridgehead atoms. The zero-order chi connectivity index (χ0) is 9.80. The standard InChI is InChI=1S/C13H19N/c1-2-12-8-9-14(10-12)11-13-6-4-3-5-7-13/h3-7,12H,2,8-11H2,1H3. The molecular weight excluding hydrogens is 170 g/mol. The molecule has 0 saturated carbocycles. The fraction of sp³-hybridized carbons (Fsp3) is 0.538. The molecule has 1 unspecified atom stereocenters. The highest BCUT2D eigenvalue weighted by atomic mass is 15.1. The third-order valence-electron chi connectivity index (χ3n) is 3.20. The number of hydrogen-bond donors (Lipinski definition) is 0. The first-order valence-corrected chi connectivity index (χ1v) is 5.64. The summed E-state index contributed by atoms with van der Waals surface area (Å²) in [5, 5.41) is 0. The van der Waals surface area contributed by atoms with E-state index in [1.165, 1.54) is 31.5 Å². The lowest BCUT2D eigenvalue weighted by Gasteiger charge is -2.15. The molecule has 1 aromatic carbocycles. The Balaban J connectivity index is 1.88. The minimum atomic E-state index is 0.943. The molecule has 1 heterocycles. The molecule has 2 rings (SSSR count). The van der Waals surface area contributed by atoms with Crippen molar-refractivity contribution >= 4 is 0 Å². The molecule has 1 aliphatic rings. The van der Waals surface area contributed by atoms with Gasteiger partial charge >= 0.3 is 0 Å². The molecule has 1 nitrogen and oxygen atoms in total. The smallest absolute Gasteiger partial charge is 0.0233 e. The molecule has 0 aliphatic carbocycles. The molecule has 1 fully saturated rings. The maximum atomic E-state index is 2.57. The van der Waals surface area contributed by atoms with Crippen molar-refractivity contribution in [1.29, 1.82) is 0 Å². The maximum Gasteiger partial charge on any atom is 0.0233 e. The predicted octanol–water partition coefficient (Wildman–Crippen LogP) is 2.92. The van der Waals surface area contributed by atoms with Crippen LogP contribution in [0.1, 0.15) is 25.3 Å². The van der Waals surface area contributed by atoms with E-state index in [4.69, 9.17) is 0 Å². The fourth-order valence-electron chi connectivity index (χ4n) is 2.23. The zero-order valence-corrected chi connectivity index (χ0v) is 8.95. The van der Waals surface area contributed by atoms with Crippen molar-refractivity contribution in [3.8, 4) is 0 Å². The summed E-state index contributed by atoms with van der Waals surface area (Å²) in [6.45, 7) is 6.02. The van der Waals surface area contributed by atoms with E-state index in [0.29, 0.717) is 0 Å². The molecule has 14 heavy (non-hydrogen) atoms. The molecule has 0 radical (unpaired) electrons. The highest BCUT2D eigenvalue weighted by Gasteiger charge is 2.20. The largest absolute Gasteiger partial charge is 0.299 e. The first-order valence-electron chi connectivity index (χ1n) is 5.64. The van der Waals surface area contributed by atoms with E-state index in [0.717, 1.165) is 12.5 Å². The van der Waals surface area contributed by atoms with Crippen LogP contribution in [0.25, 0.3) is 0 Å². The fourth-order valence-corrected chi connectivity index (χ4v) is 2.23. The van der Waals surface area contributed by atoms with Crippen molar-refractivity contribution < 1.29 is 0 Å². The van der Waals surface area contributed by atoms with Gasteiger partial charge in [0, 0.05) is 13.1 Å². The number of likely N-dealkylation sites (tertiary alicyclic amines) is 1. The lowest BCUT2D eigenvalue weighted by molar-refractivity contribution is 0.315. The van der Waals surface area contributed by atoms with Crippen molar-refractivity contribution in [3.63, 3.8) is 0 Å². The van der Waals surface area contributed by atoms with Gasteiger partial charge in [-0.05, 0) is 24.4 Å². The lowest BCUT2D eigenvalue weighted by Crippen LogP contribution is -2.19. The topological polar surface area (TPSA) is 3.24 Å². The second-order valence-corrected chi connectivity index (χ2v) is 4.28. The summed E-state index contributed by atoms with van der Waals surface area (Å²) in [5.41, 5.74) is 1.45. The highest BCUT2D eigenvalue weighted by Crippen LogP contribution is 2.20. The van der Waals surface area contributed by atoms with E-state index < -0.39 is 0 Å². The Morgan fingerprint density at radius 2 is 2.07 bits per heavy atom. The molecule has 0 amide bonds. The van der Waals surface area contributed by atoms with Crippen molar-refractivity contribution in [2.45, 2.75) is 26.3 Å². The molecule has 0 spiro atoms. The van der Waals surface area contributed by atoms with E-state index >= 15 is 0 Å². The second-order valence-electron chi connectivity index (χ2n) is 4.28. The lowest BCUT2D eigenvalue weighted by atomic mass is 10.1. The summed E-state index contributed by atoms with van der Waals surface area (Å²) in [4.78, 5) is 2.57. The van der Waals surface area contributed by atoms with Gasteiger partial charge in [0.1, 0.15) is 0 Å². The molecule has 1 heteroatoms. The third-order valence-corrected chi connectivity index (χ3v) is 3.20. The molecule has 0 N–H and O–H groups in total. The van der Waals surface area contributed by atoms with Crippen molar-refractivity contribution in [2.75, 3.05) is 13.1 Å². The van der Waals surface area contributed by atoms with Crippen LogP contribution in [0, 0.1) is 5.92 Å². The van der Waals surface area contributed by atoms with Gasteiger partial charge in [-0.3, -0.25) is 4.90 Å². The van der Waals surface area contributed by atoms with Gasteiger partial charge in [0.15, 0.2) is 0 Å². The third kappa shape index (κ3) is 2.36. The molecule has 1 aliphatic heterocycles. The van der Waals surface area contributed by atoms with Crippen LogP contribution in [0.2, 0.25) is 0 Å². The zero-order valence-electron chi connectivity index (χ0n) is 8.95. The Morgan fingerprint density at radius 3 is 2.71 bits per heavy atom. The van der Waals surface area contributed by atoms with E-state index in [2.05, 4.69) is 42.2 Å². The average molecular weight is 189 g/mol. The molecule has 1 saturated heterocycles. The van der Waals surface area contributed by atoms with Gasteiger partial charge in [0.25, 0.3) is 0 Å². The van der Waals surface area contributed by atoms with Crippen LogP contribution < -0.4 is 0 Å². The normalized spacial score (nSPS) is 22.8. The number of nitrogens with zero attached hydrogens (tertiary/aromatic N) is 1. The van der Waals surface area contributed by atoms with Crippen LogP contribution in [-0.2, 0) is 6.54 Å². The van der Waals surface area contributed by atoms with Gasteiger partial charge in [0.2, 0.25) is 0 Å². The molecule has 0 aromatic heterocycles. The van der Waals surface area contributed by atoms with Crippen molar-refractivity contribution in [1.82, 2.24) is 4.90 Å². The van der Waals surface area contributed by atoms with Crippen LogP contribution in [0.3, 0.4) is 0 Å². The van der Waals surface area contributed by atoms with Crippen molar-refractivity contribution in [2.24, 2.45) is 5.92 Å². The van der Waals surface area contributed by atoms with E-state index in [-0.39, 0.29) is 0 Å². The Morgan fingerprint density at radius 1 is 1.29 bits per heavy atom. The Labute approximate surface area is 86.7 Å². The first-order chi connectivity index (χ1) is 6.88. The van der Waals surface area contributed by atoms with Crippen LogP contribution >= 0.6 is 0 Å². The van der Waals surface area contributed by atoms with Gasteiger partial charge in [0.05, 0.1) is 0 Å². The highest BCUT2D eigenvalue weighted by molar-refractivity contribution is 5.14. The minimum absolute atomic E-state index is 0.943. The Hall–Kier alpha value is -0.820. The summed E-state index contributed by atoms with van der Waals surface area (Å²) < 4.78 is 0. The van der Waals surface area contributed by atoms with Gasteiger partial charge in [-0.15, -0.1) is 0 Å². The summed E-state index contributed by atoms with van der Waals surface area (Å²) in [6, 6.07) is 10.8. The van der Waals surface area contributed by atoms with E-state index in [9.17, 15) is 0 Å². The number of rotatable bonds is 3. The van der Waals surface area contributed by atoms with Crippen LogP contribution in [0.4, 0.5) is 0 Å². The van der Waals surface area contributed by atoms with Crippen molar-refractivity contribution in [3.05, 3.63) is 35.9 Å². The monoisotopic (exact) mass is 189 g/mol. The number of benzene rings is 1. The number of hydrogen-bond acceptors (Lipinski definition) is 1. The van der Waals surface area contributed by atoms with Crippen LogP contribution in [0.5, 0.6) is 0 Å². The Kier molecular flexibility index (Phi) is 3.20. The SMILES string of the molecule is CCC1CCN(Cc2ccccc2)C1. The quantitative estimate of drug-likeness (QED) is 0.706. The summed E-state index contributed by atoms with van der Waals surface area (Å²) in [5.74, 6) is 0.943. The molecular formula is C13H19N. The molecule has 76 valence electrons. The second kappa shape index (κ2) is 4.61. The summed E-state index contributed by atoms with van der Waals surface area (Å²) in [7, 11) is 0.